The smallest absolute Gasteiger partial charge is 0.328 e. The molecule has 6 heteroatoms. The fourth-order valence-corrected chi connectivity index (χ4v) is 1.63. The number of esters is 2. The van der Waals surface area contributed by atoms with Crippen molar-refractivity contribution < 1.29 is 23.9 Å². The van der Waals surface area contributed by atoms with Crippen molar-refractivity contribution in [1.82, 2.24) is 5.32 Å². The summed E-state index contributed by atoms with van der Waals surface area (Å²) >= 11 is 0. The Morgan fingerprint density at radius 3 is 2.30 bits per heavy atom. The number of benzene rings is 1. The molecule has 0 radical (unpaired) electrons. The number of nitrogens with one attached hydrogen (secondary N) is 1. The molecule has 0 bridgehead atoms. The van der Waals surface area contributed by atoms with Gasteiger partial charge in [-0.05, 0) is 5.56 Å². The summed E-state index contributed by atoms with van der Waals surface area (Å²) in [6.07, 6.45) is -0.140. The molecule has 0 saturated carbocycles. The summed E-state index contributed by atoms with van der Waals surface area (Å²) in [5, 5.41) is 2.47. The minimum Gasteiger partial charge on any atom is -0.469 e. The molecule has 0 aromatic heterocycles. The predicted octanol–water partition coefficient (Wildman–Crippen LogP) is 0.450. The largest absolute Gasteiger partial charge is 0.469 e. The van der Waals surface area contributed by atoms with Crippen LogP contribution in [-0.2, 0) is 30.3 Å². The van der Waals surface area contributed by atoms with Crippen LogP contribution in [0.3, 0.4) is 0 Å². The molecule has 1 aromatic carbocycles. The molecule has 0 fully saturated rings. The van der Waals surface area contributed by atoms with E-state index in [2.05, 4.69) is 14.8 Å². The number of carbonyl (C=O) groups is 3. The first kappa shape index (κ1) is 15.7. The number of ether oxygens (including phenoxy) is 2. The molecule has 1 N–H and O–H groups in total. The van der Waals surface area contributed by atoms with E-state index in [-0.39, 0.29) is 0 Å². The van der Waals surface area contributed by atoms with Gasteiger partial charge in [-0.25, -0.2) is 4.79 Å². The fraction of sp³-hybridized carbons (Fsp3) is 0.357. The van der Waals surface area contributed by atoms with Crippen molar-refractivity contribution in [3.05, 3.63) is 35.9 Å². The van der Waals surface area contributed by atoms with Crippen molar-refractivity contribution in [2.45, 2.75) is 18.9 Å². The zero-order chi connectivity index (χ0) is 15.0. The highest BCUT2D eigenvalue weighted by Gasteiger charge is 2.23. The first-order valence-corrected chi connectivity index (χ1v) is 6.04. The van der Waals surface area contributed by atoms with Gasteiger partial charge in [0.25, 0.3) is 0 Å². The van der Waals surface area contributed by atoms with Crippen molar-refractivity contribution in [3.8, 4) is 0 Å². The maximum Gasteiger partial charge on any atom is 0.328 e. The minimum absolute atomic E-state index is 0.292. The van der Waals surface area contributed by atoms with Crippen LogP contribution in [0, 0.1) is 0 Å². The first-order valence-electron chi connectivity index (χ1n) is 6.04. The van der Waals surface area contributed by atoms with Crippen LogP contribution in [-0.4, -0.2) is 38.1 Å². The number of carbonyl (C=O) groups excluding carboxylic acids is 3. The number of hydrogen-bond donors (Lipinski definition) is 1. The van der Waals surface area contributed by atoms with E-state index in [1.165, 1.54) is 14.2 Å². The summed E-state index contributed by atoms with van der Waals surface area (Å²) in [4.78, 5) is 34.3. The van der Waals surface area contributed by atoms with Crippen LogP contribution in [0.5, 0.6) is 0 Å². The van der Waals surface area contributed by atoms with Crippen molar-refractivity contribution in [2.75, 3.05) is 14.2 Å². The van der Waals surface area contributed by atoms with Crippen molar-refractivity contribution >= 4 is 17.8 Å². The Balaban J connectivity index is 2.68. The highest BCUT2D eigenvalue weighted by Crippen LogP contribution is 2.05. The lowest BCUT2D eigenvalue weighted by atomic mass is 10.1. The molecule has 0 spiro atoms. The zero-order valence-electron chi connectivity index (χ0n) is 11.4. The predicted molar refractivity (Wildman–Crippen MR) is 70.7 cm³/mol. The molecule has 0 saturated heterocycles. The van der Waals surface area contributed by atoms with E-state index in [1.54, 1.807) is 0 Å². The summed E-state index contributed by atoms with van der Waals surface area (Å²) < 4.78 is 9.04. The third-order valence-corrected chi connectivity index (χ3v) is 2.64. The second-order valence-electron chi connectivity index (χ2n) is 4.09. The average molecular weight is 279 g/mol. The fourth-order valence-electron chi connectivity index (χ4n) is 1.63. The monoisotopic (exact) mass is 279 g/mol. The van der Waals surface area contributed by atoms with E-state index in [1.807, 2.05) is 30.3 Å². The molecule has 108 valence electrons. The van der Waals surface area contributed by atoms with E-state index in [9.17, 15) is 14.4 Å². The highest BCUT2D eigenvalue weighted by molar-refractivity contribution is 5.96. The van der Waals surface area contributed by atoms with Crippen LogP contribution in [0.1, 0.15) is 12.0 Å². The van der Waals surface area contributed by atoms with Gasteiger partial charge in [-0.1, -0.05) is 30.3 Å². The van der Waals surface area contributed by atoms with Crippen LogP contribution in [0.25, 0.3) is 0 Å². The maximum absolute atomic E-state index is 11.7. The van der Waals surface area contributed by atoms with Gasteiger partial charge in [0.15, 0.2) is 0 Å². The first-order chi connectivity index (χ1) is 9.56. The van der Waals surface area contributed by atoms with Gasteiger partial charge < -0.3 is 14.8 Å². The van der Waals surface area contributed by atoms with Gasteiger partial charge in [0.05, 0.1) is 14.2 Å². The van der Waals surface area contributed by atoms with Gasteiger partial charge in [0.2, 0.25) is 5.91 Å². The van der Waals surface area contributed by atoms with Gasteiger partial charge in [0.1, 0.15) is 12.5 Å². The van der Waals surface area contributed by atoms with Gasteiger partial charge in [-0.2, -0.15) is 0 Å². The molecule has 1 aromatic rings. The molecule has 0 aliphatic rings. The van der Waals surface area contributed by atoms with Crippen LogP contribution >= 0.6 is 0 Å². The summed E-state index contributed by atoms with van der Waals surface area (Å²) in [6, 6.07) is 8.36. The molecule has 1 rings (SSSR count). The lowest BCUT2D eigenvalue weighted by Gasteiger charge is -2.16. The molecule has 0 aliphatic carbocycles. The van der Waals surface area contributed by atoms with Crippen LogP contribution in [0.15, 0.2) is 30.3 Å². The second kappa shape index (κ2) is 7.93. The second-order valence-corrected chi connectivity index (χ2v) is 4.09. The Bertz CT molecular complexity index is 472. The van der Waals surface area contributed by atoms with E-state index in [4.69, 9.17) is 0 Å². The Morgan fingerprint density at radius 2 is 1.75 bits per heavy atom. The summed E-state index contributed by atoms with van der Waals surface area (Å²) in [5.74, 6) is -1.80. The van der Waals surface area contributed by atoms with Crippen molar-refractivity contribution in [1.29, 1.82) is 0 Å². The average Bonchev–Trinajstić information content (AvgIpc) is 2.46. The highest BCUT2D eigenvalue weighted by atomic mass is 16.5. The van der Waals surface area contributed by atoms with Crippen LogP contribution in [0.2, 0.25) is 0 Å². The molecule has 20 heavy (non-hydrogen) atoms. The topological polar surface area (TPSA) is 81.7 Å². The Labute approximate surface area is 117 Å². The van der Waals surface area contributed by atoms with Gasteiger partial charge in [-0.15, -0.1) is 0 Å². The Hall–Kier alpha value is -2.37. The molecule has 1 unspecified atom stereocenters. The number of methoxy groups -OCH3 is 2. The lowest BCUT2D eigenvalue weighted by Crippen LogP contribution is -2.43. The number of hydrogen-bond acceptors (Lipinski definition) is 5. The van der Waals surface area contributed by atoms with E-state index < -0.39 is 30.3 Å². The van der Waals surface area contributed by atoms with E-state index in [0.717, 1.165) is 5.56 Å². The maximum atomic E-state index is 11.7. The van der Waals surface area contributed by atoms with Crippen molar-refractivity contribution in [3.63, 3.8) is 0 Å². The standard InChI is InChI=1S/C14H17NO5/c1-19-13(17)9-12(16)15-11(14(18)20-2)8-10-6-4-3-5-7-10/h3-7,11H,8-9H2,1-2H3,(H,15,16). The normalized spacial score (nSPS) is 11.3. The third kappa shape index (κ3) is 5.09. The summed E-state index contributed by atoms with van der Waals surface area (Å²) in [6.45, 7) is 0. The molecule has 6 nitrogen and oxygen atoms in total. The SMILES string of the molecule is COC(=O)CC(=O)NC(Cc1ccccc1)C(=O)OC. The summed E-state index contributed by atoms with van der Waals surface area (Å²) in [5.41, 5.74) is 0.876. The van der Waals surface area contributed by atoms with E-state index >= 15 is 0 Å². The Kier molecular flexibility index (Phi) is 6.22. The molecule has 1 atom stereocenters. The Morgan fingerprint density at radius 1 is 1.10 bits per heavy atom. The van der Waals surface area contributed by atoms with Gasteiger partial charge >= 0.3 is 11.9 Å². The molecule has 1 amide bonds. The van der Waals surface area contributed by atoms with Crippen LogP contribution in [0.4, 0.5) is 0 Å². The quantitative estimate of drug-likeness (QED) is 0.604. The van der Waals surface area contributed by atoms with Crippen LogP contribution < -0.4 is 5.32 Å². The lowest BCUT2D eigenvalue weighted by molar-refractivity contribution is -0.148. The third-order valence-electron chi connectivity index (χ3n) is 2.64. The number of rotatable bonds is 6. The van der Waals surface area contributed by atoms with Gasteiger partial charge in [-0.3, -0.25) is 9.59 Å². The van der Waals surface area contributed by atoms with Gasteiger partial charge in [0, 0.05) is 6.42 Å². The molecular formula is C14H17NO5. The molecule has 0 aliphatic heterocycles. The molecular weight excluding hydrogens is 262 g/mol. The number of amides is 1. The van der Waals surface area contributed by atoms with Crippen molar-refractivity contribution in [2.24, 2.45) is 0 Å². The molecule has 0 heterocycles. The van der Waals surface area contributed by atoms with E-state index in [0.29, 0.717) is 6.42 Å². The summed E-state index contributed by atoms with van der Waals surface area (Å²) in [7, 11) is 2.43. The minimum atomic E-state index is -0.834. The zero-order valence-corrected chi connectivity index (χ0v) is 11.4.